The number of benzene rings is 1. The lowest BCUT2D eigenvalue weighted by Gasteiger charge is -2.22. The van der Waals surface area contributed by atoms with E-state index in [0.717, 1.165) is 31.7 Å². The topological polar surface area (TPSA) is 132 Å². The molecule has 3 rings (SSSR count). The molecule has 1 saturated heterocycles. The van der Waals surface area contributed by atoms with E-state index in [0.29, 0.717) is 12.3 Å². The molecule has 1 fully saturated rings. The normalized spacial score (nSPS) is 15.2. The van der Waals surface area contributed by atoms with Gasteiger partial charge < -0.3 is 21.1 Å². The number of nitrogens with one attached hydrogen (secondary N) is 2. The Morgan fingerprint density at radius 2 is 1.94 bits per heavy atom. The molecule has 2 heterocycles. The fourth-order valence-electron chi connectivity index (χ4n) is 3.67. The van der Waals surface area contributed by atoms with Gasteiger partial charge in [-0.3, -0.25) is 9.59 Å². The van der Waals surface area contributed by atoms with Gasteiger partial charge in [-0.1, -0.05) is 26.0 Å². The molecule has 1 atom stereocenters. The molecule has 2 amide bonds. The standard InChI is InChI=1S/C23H30N6O3/c1-14(2)12-19(20(24)30)28-23-26-13-18(22(31)25-3)21(29-23)27-17-6-4-15(5-7-17)16-8-10-32-11-9-16/h4-7,13-14,16,19H,3,8-12H2,1-2H3,(H2,24,30)(H2,26,27,28,29)/t19-/m1/s1. The van der Waals surface area contributed by atoms with Crippen molar-refractivity contribution in [1.82, 2.24) is 9.97 Å². The van der Waals surface area contributed by atoms with Gasteiger partial charge in [-0.05, 0) is 55.5 Å². The molecule has 32 heavy (non-hydrogen) atoms. The number of nitrogens with two attached hydrogens (primary N) is 1. The van der Waals surface area contributed by atoms with Gasteiger partial charge in [-0.2, -0.15) is 4.98 Å². The molecule has 1 aromatic carbocycles. The maximum atomic E-state index is 12.2. The lowest BCUT2D eigenvalue weighted by atomic mass is 9.92. The minimum Gasteiger partial charge on any atom is -0.381 e. The fraction of sp³-hybridized carbons (Fsp3) is 0.435. The number of carbonyl (C=O) groups excluding carboxylic acids is 2. The summed E-state index contributed by atoms with van der Waals surface area (Å²) in [4.78, 5) is 36.1. The third-order valence-corrected chi connectivity index (χ3v) is 5.38. The number of nitrogens with zero attached hydrogens (tertiary/aromatic N) is 3. The molecule has 4 N–H and O–H groups in total. The Labute approximate surface area is 187 Å². The van der Waals surface area contributed by atoms with Crippen LogP contribution in [0.3, 0.4) is 0 Å². The summed E-state index contributed by atoms with van der Waals surface area (Å²) in [6.45, 7) is 8.86. The smallest absolute Gasteiger partial charge is 0.281 e. The van der Waals surface area contributed by atoms with E-state index >= 15 is 0 Å². The molecule has 1 aromatic heterocycles. The molecule has 9 heteroatoms. The minimum atomic E-state index is -0.624. The van der Waals surface area contributed by atoms with E-state index in [9.17, 15) is 9.59 Å². The van der Waals surface area contributed by atoms with Gasteiger partial charge in [0.15, 0.2) is 0 Å². The maximum Gasteiger partial charge on any atom is 0.281 e. The number of rotatable bonds is 9. The van der Waals surface area contributed by atoms with Crippen molar-refractivity contribution in [2.45, 2.75) is 45.1 Å². The molecule has 0 aliphatic carbocycles. The molecule has 1 aliphatic heterocycles. The quantitative estimate of drug-likeness (QED) is 0.512. The second kappa shape index (κ2) is 10.8. The second-order valence-electron chi connectivity index (χ2n) is 8.28. The Balaban J connectivity index is 1.82. The summed E-state index contributed by atoms with van der Waals surface area (Å²) < 4.78 is 5.44. The molecule has 2 aromatic rings. The van der Waals surface area contributed by atoms with Gasteiger partial charge in [0.05, 0.1) is 0 Å². The monoisotopic (exact) mass is 438 g/mol. The average Bonchev–Trinajstić information content (AvgIpc) is 2.79. The Morgan fingerprint density at radius 3 is 2.53 bits per heavy atom. The van der Waals surface area contributed by atoms with Crippen molar-refractivity contribution in [2.75, 3.05) is 23.8 Å². The van der Waals surface area contributed by atoms with Gasteiger partial charge in [0.25, 0.3) is 5.91 Å². The first kappa shape index (κ1) is 23.3. The molecule has 0 radical (unpaired) electrons. The van der Waals surface area contributed by atoms with E-state index in [-0.39, 0.29) is 23.2 Å². The lowest BCUT2D eigenvalue weighted by Crippen LogP contribution is -2.37. The average molecular weight is 439 g/mol. The largest absolute Gasteiger partial charge is 0.381 e. The van der Waals surface area contributed by atoms with Gasteiger partial charge >= 0.3 is 0 Å². The van der Waals surface area contributed by atoms with Crippen molar-refractivity contribution in [1.29, 1.82) is 0 Å². The first-order valence-electron chi connectivity index (χ1n) is 10.8. The number of amides is 2. The summed E-state index contributed by atoms with van der Waals surface area (Å²) in [5.41, 5.74) is 7.71. The van der Waals surface area contributed by atoms with Crippen LogP contribution in [0.5, 0.6) is 0 Å². The van der Waals surface area contributed by atoms with E-state index in [1.165, 1.54) is 11.8 Å². The second-order valence-corrected chi connectivity index (χ2v) is 8.28. The molecule has 0 saturated carbocycles. The van der Waals surface area contributed by atoms with Crippen molar-refractivity contribution >= 4 is 36.0 Å². The maximum absolute atomic E-state index is 12.2. The highest BCUT2D eigenvalue weighted by Crippen LogP contribution is 2.29. The highest BCUT2D eigenvalue weighted by Gasteiger charge is 2.20. The summed E-state index contributed by atoms with van der Waals surface area (Å²) in [6.07, 6.45) is 3.91. The molecule has 9 nitrogen and oxygen atoms in total. The summed E-state index contributed by atoms with van der Waals surface area (Å²) in [5.74, 6) is 0.155. The van der Waals surface area contributed by atoms with E-state index in [1.807, 2.05) is 26.0 Å². The van der Waals surface area contributed by atoms with E-state index in [1.54, 1.807) is 0 Å². The van der Waals surface area contributed by atoms with Crippen LogP contribution in [-0.2, 0) is 9.53 Å². The first-order valence-corrected chi connectivity index (χ1v) is 10.8. The number of carbonyl (C=O) groups is 2. The van der Waals surface area contributed by atoms with Crippen molar-refractivity contribution < 1.29 is 14.3 Å². The van der Waals surface area contributed by atoms with E-state index in [2.05, 4.69) is 44.4 Å². The van der Waals surface area contributed by atoms with Crippen LogP contribution >= 0.6 is 0 Å². The Kier molecular flexibility index (Phi) is 7.88. The highest BCUT2D eigenvalue weighted by atomic mass is 16.5. The fourth-order valence-corrected chi connectivity index (χ4v) is 3.67. The van der Waals surface area contributed by atoms with Crippen LogP contribution in [0.15, 0.2) is 35.5 Å². The zero-order chi connectivity index (χ0) is 23.1. The number of hydrogen-bond acceptors (Lipinski definition) is 7. The summed E-state index contributed by atoms with van der Waals surface area (Å²) in [7, 11) is 0. The van der Waals surface area contributed by atoms with Crippen molar-refractivity contribution in [3.63, 3.8) is 0 Å². The zero-order valence-electron chi connectivity index (χ0n) is 18.5. The van der Waals surface area contributed by atoms with Crippen LogP contribution in [0, 0.1) is 5.92 Å². The van der Waals surface area contributed by atoms with Crippen LogP contribution in [0.25, 0.3) is 0 Å². The van der Waals surface area contributed by atoms with Gasteiger partial charge in [-0.25, -0.2) is 9.98 Å². The number of ether oxygens (including phenoxy) is 1. The van der Waals surface area contributed by atoms with Gasteiger partial charge in [0.1, 0.15) is 17.4 Å². The third-order valence-electron chi connectivity index (χ3n) is 5.38. The molecule has 0 unspecified atom stereocenters. The molecule has 0 spiro atoms. The van der Waals surface area contributed by atoms with Crippen LogP contribution in [0.4, 0.5) is 17.5 Å². The van der Waals surface area contributed by atoms with Gasteiger partial charge in [-0.15, -0.1) is 0 Å². The Bertz CT molecular complexity index is 955. The minimum absolute atomic E-state index is 0.179. The van der Waals surface area contributed by atoms with Crippen LogP contribution in [0.1, 0.15) is 54.9 Å². The predicted octanol–water partition coefficient (Wildman–Crippen LogP) is 3.27. The van der Waals surface area contributed by atoms with Gasteiger partial charge in [0, 0.05) is 25.1 Å². The number of hydrogen-bond donors (Lipinski definition) is 3. The van der Waals surface area contributed by atoms with Gasteiger partial charge in [0.2, 0.25) is 11.9 Å². The molecule has 0 bridgehead atoms. The third kappa shape index (κ3) is 6.10. The highest BCUT2D eigenvalue weighted by molar-refractivity contribution is 6.01. The van der Waals surface area contributed by atoms with Crippen molar-refractivity contribution in [3.8, 4) is 0 Å². The first-order chi connectivity index (χ1) is 15.4. The van der Waals surface area contributed by atoms with Crippen LogP contribution in [-0.4, -0.2) is 47.8 Å². The van der Waals surface area contributed by atoms with Crippen LogP contribution < -0.4 is 16.4 Å². The lowest BCUT2D eigenvalue weighted by molar-refractivity contribution is -0.119. The Hall–Kier alpha value is -3.33. The number of aliphatic imine (C=N–C) groups is 1. The van der Waals surface area contributed by atoms with Crippen molar-refractivity contribution in [3.05, 3.63) is 41.6 Å². The number of anilines is 3. The number of primary amides is 1. The molecule has 1 aliphatic rings. The molecular formula is C23H30N6O3. The number of aromatic nitrogens is 2. The van der Waals surface area contributed by atoms with E-state index in [4.69, 9.17) is 10.5 Å². The predicted molar refractivity (Wildman–Crippen MR) is 124 cm³/mol. The molecular weight excluding hydrogens is 408 g/mol. The van der Waals surface area contributed by atoms with Crippen LogP contribution in [0.2, 0.25) is 0 Å². The van der Waals surface area contributed by atoms with Crippen molar-refractivity contribution in [2.24, 2.45) is 16.6 Å². The molecule has 170 valence electrons. The Morgan fingerprint density at radius 1 is 1.25 bits per heavy atom. The summed E-state index contributed by atoms with van der Waals surface area (Å²) in [6, 6.07) is 7.40. The summed E-state index contributed by atoms with van der Waals surface area (Å²) in [5, 5.41) is 6.13. The SMILES string of the molecule is C=NC(=O)c1cnc(N[C@H](CC(C)C)C(N)=O)nc1Nc1ccc(C2CCOCC2)cc1. The zero-order valence-corrected chi connectivity index (χ0v) is 18.5. The van der Waals surface area contributed by atoms with E-state index < -0.39 is 17.9 Å². The summed E-state index contributed by atoms with van der Waals surface area (Å²) >= 11 is 0.